The van der Waals surface area contributed by atoms with Crippen molar-refractivity contribution < 1.29 is 4.74 Å². The van der Waals surface area contributed by atoms with Crippen LogP contribution in [-0.4, -0.2) is 42.5 Å². The third kappa shape index (κ3) is 4.50. The Morgan fingerprint density at radius 3 is 2.60 bits per heavy atom. The van der Waals surface area contributed by atoms with Gasteiger partial charge in [-0.25, -0.2) is 15.8 Å². The van der Waals surface area contributed by atoms with Crippen molar-refractivity contribution in [1.29, 1.82) is 0 Å². The summed E-state index contributed by atoms with van der Waals surface area (Å²) in [6.07, 6.45) is 4.07. The van der Waals surface area contributed by atoms with E-state index in [-0.39, 0.29) is 0 Å². The topological polar surface area (TPSA) is 76.3 Å². The summed E-state index contributed by atoms with van der Waals surface area (Å²) in [6.45, 7) is 5.84. The number of anilines is 2. The summed E-state index contributed by atoms with van der Waals surface area (Å²) < 4.78 is 5.22. The zero-order valence-electron chi connectivity index (χ0n) is 12.7. The highest BCUT2D eigenvalue weighted by Crippen LogP contribution is 2.23. The fourth-order valence-electron chi connectivity index (χ4n) is 2.13. The molecule has 1 heterocycles. The van der Waals surface area contributed by atoms with Crippen LogP contribution in [0.2, 0.25) is 0 Å². The minimum atomic E-state index is 0.431. The number of nitrogen functional groups attached to an aromatic ring is 1. The normalized spacial score (nSPS) is 10.9. The van der Waals surface area contributed by atoms with Gasteiger partial charge in [0.05, 0.1) is 6.61 Å². The summed E-state index contributed by atoms with van der Waals surface area (Å²) >= 11 is 1.50. The van der Waals surface area contributed by atoms with E-state index in [0.29, 0.717) is 23.6 Å². The van der Waals surface area contributed by atoms with Gasteiger partial charge in [0, 0.05) is 25.8 Å². The molecule has 1 rings (SSSR count). The predicted molar refractivity (Wildman–Crippen MR) is 85.2 cm³/mol. The molecular formula is C13H25N5OS. The van der Waals surface area contributed by atoms with Crippen LogP contribution in [0, 0.1) is 0 Å². The van der Waals surface area contributed by atoms with E-state index < -0.39 is 0 Å². The molecule has 1 aromatic heterocycles. The van der Waals surface area contributed by atoms with Gasteiger partial charge >= 0.3 is 0 Å². The molecule has 0 amide bonds. The Morgan fingerprint density at radius 1 is 1.40 bits per heavy atom. The van der Waals surface area contributed by atoms with Crippen LogP contribution in [0.25, 0.3) is 0 Å². The third-order valence-corrected chi connectivity index (χ3v) is 3.78. The lowest BCUT2D eigenvalue weighted by Gasteiger charge is -2.31. The summed E-state index contributed by atoms with van der Waals surface area (Å²) in [5, 5.41) is 0.712. The molecule has 3 N–H and O–H groups in total. The van der Waals surface area contributed by atoms with E-state index in [1.165, 1.54) is 11.8 Å². The van der Waals surface area contributed by atoms with Gasteiger partial charge in [0.1, 0.15) is 11.6 Å². The van der Waals surface area contributed by atoms with Gasteiger partial charge in [0.2, 0.25) is 0 Å². The van der Waals surface area contributed by atoms with Gasteiger partial charge in [-0.3, -0.25) is 0 Å². The fourth-order valence-corrected chi connectivity index (χ4v) is 2.50. The van der Waals surface area contributed by atoms with Gasteiger partial charge in [-0.15, -0.1) is 0 Å². The van der Waals surface area contributed by atoms with Crippen LogP contribution >= 0.6 is 11.8 Å². The number of hydrogen-bond acceptors (Lipinski definition) is 7. The number of aromatic nitrogens is 2. The maximum Gasteiger partial charge on any atom is 0.191 e. The number of nitrogens with two attached hydrogens (primary N) is 1. The number of nitrogens with one attached hydrogen (secondary N) is 1. The van der Waals surface area contributed by atoms with E-state index in [4.69, 9.17) is 10.6 Å². The highest BCUT2D eigenvalue weighted by atomic mass is 32.2. The second kappa shape index (κ2) is 8.99. The molecule has 0 spiro atoms. The Kier molecular flexibility index (Phi) is 7.64. The van der Waals surface area contributed by atoms with Crippen molar-refractivity contribution in [2.24, 2.45) is 5.84 Å². The van der Waals surface area contributed by atoms with Crippen LogP contribution < -0.4 is 16.2 Å². The molecule has 0 aliphatic heterocycles. The number of hydrazine groups is 1. The van der Waals surface area contributed by atoms with Crippen LogP contribution in [-0.2, 0) is 4.74 Å². The molecular weight excluding hydrogens is 274 g/mol. The number of thioether (sulfide) groups is 1. The molecule has 7 heteroatoms. The number of ether oxygens (including phenoxy) is 1. The molecule has 0 atom stereocenters. The summed E-state index contributed by atoms with van der Waals surface area (Å²) in [5.41, 5.74) is 2.61. The molecule has 0 bridgehead atoms. The number of hydrogen-bond donors (Lipinski definition) is 2. The number of rotatable bonds is 9. The molecule has 6 nitrogen and oxygen atoms in total. The van der Waals surface area contributed by atoms with Gasteiger partial charge in [0.25, 0.3) is 0 Å². The van der Waals surface area contributed by atoms with Gasteiger partial charge in [0.15, 0.2) is 5.16 Å². The summed E-state index contributed by atoms with van der Waals surface area (Å²) in [5.74, 6) is 7.01. The van der Waals surface area contributed by atoms with Gasteiger partial charge < -0.3 is 15.1 Å². The highest BCUT2D eigenvalue weighted by Gasteiger charge is 2.18. The van der Waals surface area contributed by atoms with Crippen molar-refractivity contribution in [2.75, 3.05) is 36.8 Å². The van der Waals surface area contributed by atoms with Crippen LogP contribution in [0.4, 0.5) is 11.6 Å². The molecule has 0 aromatic carbocycles. The quantitative estimate of drug-likeness (QED) is 0.313. The molecule has 0 fully saturated rings. The van der Waals surface area contributed by atoms with Crippen molar-refractivity contribution in [3.05, 3.63) is 6.07 Å². The molecule has 20 heavy (non-hydrogen) atoms. The van der Waals surface area contributed by atoms with Gasteiger partial charge in [-0.2, -0.15) is 0 Å². The monoisotopic (exact) mass is 299 g/mol. The highest BCUT2D eigenvalue weighted by molar-refractivity contribution is 7.98. The first kappa shape index (κ1) is 17.0. The van der Waals surface area contributed by atoms with E-state index in [1.54, 1.807) is 7.11 Å². The lowest BCUT2D eigenvalue weighted by Crippen LogP contribution is -2.38. The second-order valence-electron chi connectivity index (χ2n) is 4.40. The Bertz CT molecular complexity index is 378. The number of methoxy groups -OCH3 is 1. The van der Waals surface area contributed by atoms with E-state index in [2.05, 4.69) is 34.1 Å². The van der Waals surface area contributed by atoms with Crippen molar-refractivity contribution >= 4 is 23.4 Å². The Labute approximate surface area is 125 Å². The standard InChI is InChI=1S/C13H25N5OS/c1-5-10(6-2)18(7-8-19-3)12-9-11(17-14)15-13(16-12)20-4/h9-10H,5-8,14H2,1-4H3,(H,15,16,17). The van der Waals surface area contributed by atoms with E-state index >= 15 is 0 Å². The number of nitrogens with zero attached hydrogens (tertiary/aromatic N) is 3. The van der Waals surface area contributed by atoms with Crippen molar-refractivity contribution in [3.63, 3.8) is 0 Å². The van der Waals surface area contributed by atoms with Crippen molar-refractivity contribution in [3.8, 4) is 0 Å². The molecule has 0 unspecified atom stereocenters. The Morgan fingerprint density at radius 2 is 2.10 bits per heavy atom. The first-order valence-electron chi connectivity index (χ1n) is 6.85. The van der Waals surface area contributed by atoms with Crippen LogP contribution in [0.3, 0.4) is 0 Å². The van der Waals surface area contributed by atoms with E-state index in [1.807, 2.05) is 12.3 Å². The zero-order valence-corrected chi connectivity index (χ0v) is 13.5. The Balaban J connectivity index is 3.10. The lowest BCUT2D eigenvalue weighted by molar-refractivity contribution is 0.202. The summed E-state index contributed by atoms with van der Waals surface area (Å²) in [6, 6.07) is 2.31. The largest absolute Gasteiger partial charge is 0.383 e. The zero-order chi connectivity index (χ0) is 15.0. The molecule has 0 saturated heterocycles. The summed E-state index contributed by atoms with van der Waals surface area (Å²) in [4.78, 5) is 11.2. The van der Waals surface area contributed by atoms with Crippen molar-refractivity contribution in [1.82, 2.24) is 9.97 Å². The predicted octanol–water partition coefficient (Wildman–Crippen LogP) is 2.13. The molecule has 0 radical (unpaired) electrons. The van der Waals surface area contributed by atoms with Crippen LogP contribution in [0.5, 0.6) is 0 Å². The fraction of sp³-hybridized carbons (Fsp3) is 0.692. The van der Waals surface area contributed by atoms with E-state index in [9.17, 15) is 0 Å². The molecule has 0 aliphatic carbocycles. The minimum absolute atomic E-state index is 0.431. The van der Waals surface area contributed by atoms with Crippen molar-refractivity contribution in [2.45, 2.75) is 37.9 Å². The van der Waals surface area contributed by atoms with Gasteiger partial charge in [-0.05, 0) is 19.1 Å². The SMILES string of the molecule is CCC(CC)N(CCOC)c1cc(NN)nc(SC)n1. The average Bonchev–Trinajstić information content (AvgIpc) is 2.50. The molecule has 1 aromatic rings. The summed E-state index contributed by atoms with van der Waals surface area (Å²) in [7, 11) is 1.71. The maximum absolute atomic E-state index is 5.49. The first-order chi connectivity index (χ1) is 9.69. The third-order valence-electron chi connectivity index (χ3n) is 3.24. The first-order valence-corrected chi connectivity index (χ1v) is 8.07. The average molecular weight is 299 g/mol. The molecule has 0 aliphatic rings. The molecule has 0 saturated carbocycles. The minimum Gasteiger partial charge on any atom is -0.383 e. The van der Waals surface area contributed by atoms with Crippen LogP contribution in [0.15, 0.2) is 11.2 Å². The van der Waals surface area contributed by atoms with E-state index in [0.717, 1.165) is 25.2 Å². The smallest absolute Gasteiger partial charge is 0.191 e. The maximum atomic E-state index is 5.49. The Hall–Kier alpha value is -1.05. The lowest BCUT2D eigenvalue weighted by atomic mass is 10.1. The second-order valence-corrected chi connectivity index (χ2v) is 5.17. The van der Waals surface area contributed by atoms with Crippen LogP contribution in [0.1, 0.15) is 26.7 Å². The van der Waals surface area contributed by atoms with Gasteiger partial charge in [-0.1, -0.05) is 25.6 Å². The molecule has 114 valence electrons.